The van der Waals surface area contributed by atoms with Crippen LogP contribution < -0.4 is 10.2 Å². The lowest BCUT2D eigenvalue weighted by atomic mass is 9.90. The highest BCUT2D eigenvalue weighted by molar-refractivity contribution is 6.03. The molecule has 1 atom stereocenters. The summed E-state index contributed by atoms with van der Waals surface area (Å²) in [4.78, 5) is 30.1. The van der Waals surface area contributed by atoms with Crippen molar-refractivity contribution in [1.82, 2.24) is 4.98 Å². The van der Waals surface area contributed by atoms with Gasteiger partial charge in [-0.2, -0.15) is 0 Å². The fourth-order valence-electron chi connectivity index (χ4n) is 3.87. The van der Waals surface area contributed by atoms with E-state index >= 15 is 0 Å². The molecule has 0 spiro atoms. The van der Waals surface area contributed by atoms with Crippen molar-refractivity contribution in [3.05, 3.63) is 89.2 Å². The van der Waals surface area contributed by atoms with Crippen LogP contribution in [-0.4, -0.2) is 29.0 Å². The van der Waals surface area contributed by atoms with Crippen molar-refractivity contribution in [2.75, 3.05) is 17.3 Å². The maximum absolute atomic E-state index is 12.6. The number of carbonyl (C=O) groups is 2. The first-order valence-corrected chi connectivity index (χ1v) is 9.45. The van der Waals surface area contributed by atoms with Gasteiger partial charge in [0.2, 0.25) is 0 Å². The van der Waals surface area contributed by atoms with E-state index in [1.165, 1.54) is 0 Å². The van der Waals surface area contributed by atoms with Gasteiger partial charge >= 0.3 is 5.97 Å². The first-order valence-electron chi connectivity index (χ1n) is 9.45. The first kappa shape index (κ1) is 18.7. The molecule has 29 heavy (non-hydrogen) atoms. The predicted octanol–water partition coefficient (Wildman–Crippen LogP) is 4.16. The van der Waals surface area contributed by atoms with Crippen molar-refractivity contribution >= 4 is 23.3 Å². The lowest BCUT2D eigenvalue weighted by Gasteiger charge is -2.37. The monoisotopic (exact) mass is 387 g/mol. The molecule has 2 heterocycles. The summed E-state index contributed by atoms with van der Waals surface area (Å²) in [6, 6.07) is 18.3. The van der Waals surface area contributed by atoms with Gasteiger partial charge in [-0.3, -0.25) is 9.78 Å². The van der Waals surface area contributed by atoms with Crippen LogP contribution in [0.25, 0.3) is 0 Å². The molecule has 0 saturated heterocycles. The number of hydrogen-bond donors (Lipinski definition) is 2. The second kappa shape index (κ2) is 7.75. The molecule has 1 aliphatic heterocycles. The summed E-state index contributed by atoms with van der Waals surface area (Å²) in [6.07, 6.45) is 3.19. The number of rotatable bonds is 4. The number of carboxylic acids is 1. The van der Waals surface area contributed by atoms with E-state index < -0.39 is 5.97 Å². The van der Waals surface area contributed by atoms with E-state index in [1.54, 1.807) is 36.5 Å². The van der Waals surface area contributed by atoms with E-state index in [-0.39, 0.29) is 11.9 Å². The molecule has 1 aliphatic rings. The maximum atomic E-state index is 12.6. The van der Waals surface area contributed by atoms with E-state index in [0.29, 0.717) is 11.3 Å². The Bertz CT molecular complexity index is 1070. The Morgan fingerprint density at radius 1 is 1.10 bits per heavy atom. The van der Waals surface area contributed by atoms with E-state index in [2.05, 4.69) is 15.2 Å². The van der Waals surface area contributed by atoms with Crippen LogP contribution in [0.15, 0.2) is 66.9 Å². The highest BCUT2D eigenvalue weighted by Crippen LogP contribution is 2.40. The fraction of sp³-hybridized carbons (Fsp3) is 0.174. The van der Waals surface area contributed by atoms with Crippen molar-refractivity contribution in [1.29, 1.82) is 0 Å². The molecule has 0 radical (unpaired) electrons. The molecule has 0 saturated carbocycles. The molecule has 0 bridgehead atoms. The first-order chi connectivity index (χ1) is 14.0. The Morgan fingerprint density at radius 2 is 1.90 bits per heavy atom. The molecular weight excluding hydrogens is 366 g/mol. The van der Waals surface area contributed by atoms with Gasteiger partial charge < -0.3 is 15.3 Å². The number of carboxylic acid groups (broad SMARTS) is 1. The number of benzene rings is 2. The highest BCUT2D eigenvalue weighted by Gasteiger charge is 2.27. The number of aromatic nitrogens is 1. The Morgan fingerprint density at radius 3 is 2.66 bits per heavy atom. The number of aromatic carboxylic acids is 1. The van der Waals surface area contributed by atoms with E-state index in [0.717, 1.165) is 35.3 Å². The van der Waals surface area contributed by atoms with Gasteiger partial charge in [0.25, 0.3) is 5.91 Å². The summed E-state index contributed by atoms with van der Waals surface area (Å²) in [7, 11) is 2.00. The average Bonchev–Trinajstić information content (AvgIpc) is 2.75. The van der Waals surface area contributed by atoms with Crippen LogP contribution in [-0.2, 0) is 6.42 Å². The molecule has 6 heteroatoms. The Labute approximate surface area is 168 Å². The molecule has 1 amide bonds. The number of pyridine rings is 1. The minimum absolute atomic E-state index is 0.0680. The van der Waals surface area contributed by atoms with Gasteiger partial charge in [0, 0.05) is 24.6 Å². The van der Waals surface area contributed by atoms with Crippen LogP contribution in [0, 0.1) is 0 Å². The lowest BCUT2D eigenvalue weighted by molar-refractivity contribution is 0.0696. The average molecular weight is 387 g/mol. The molecule has 0 fully saturated rings. The number of carbonyl (C=O) groups excluding carboxylic acids is 1. The third-order valence-electron chi connectivity index (χ3n) is 5.33. The molecule has 146 valence electrons. The number of para-hydroxylation sites is 1. The van der Waals surface area contributed by atoms with Gasteiger partial charge in [0.05, 0.1) is 11.6 Å². The Balaban J connectivity index is 1.62. The third kappa shape index (κ3) is 3.69. The van der Waals surface area contributed by atoms with Crippen LogP contribution >= 0.6 is 0 Å². The molecule has 2 N–H and O–H groups in total. The number of nitrogens with one attached hydrogen (secondary N) is 1. The Hall–Kier alpha value is -3.67. The van der Waals surface area contributed by atoms with Crippen LogP contribution in [0.5, 0.6) is 0 Å². The minimum Gasteiger partial charge on any atom is -0.478 e. The summed E-state index contributed by atoms with van der Waals surface area (Å²) in [5.74, 6) is -1.16. The van der Waals surface area contributed by atoms with Crippen LogP contribution in [0.2, 0.25) is 0 Å². The van der Waals surface area contributed by atoms with Crippen molar-refractivity contribution in [2.45, 2.75) is 18.9 Å². The number of amides is 1. The summed E-state index contributed by atoms with van der Waals surface area (Å²) in [6.45, 7) is 0. The van der Waals surface area contributed by atoms with E-state index in [4.69, 9.17) is 0 Å². The van der Waals surface area contributed by atoms with Gasteiger partial charge in [-0.05, 0) is 60.4 Å². The van der Waals surface area contributed by atoms with Gasteiger partial charge in [0.1, 0.15) is 5.69 Å². The number of hydrogen-bond acceptors (Lipinski definition) is 4. The molecule has 4 rings (SSSR count). The number of nitrogens with zero attached hydrogens (tertiary/aromatic N) is 2. The maximum Gasteiger partial charge on any atom is 0.335 e. The summed E-state index contributed by atoms with van der Waals surface area (Å²) >= 11 is 0. The molecule has 1 unspecified atom stereocenters. The molecule has 3 aromatic rings. The molecule has 6 nitrogen and oxygen atoms in total. The normalized spacial score (nSPS) is 15.5. The SMILES string of the molecule is CN1c2ccc(C(=O)O)cc2CCC1c1ccccc1NC(=O)c1ccccn1. The summed E-state index contributed by atoms with van der Waals surface area (Å²) in [5, 5.41) is 12.2. The van der Waals surface area contributed by atoms with E-state index in [9.17, 15) is 14.7 Å². The zero-order valence-electron chi connectivity index (χ0n) is 16.0. The molecular formula is C23H21N3O3. The smallest absolute Gasteiger partial charge is 0.335 e. The third-order valence-corrected chi connectivity index (χ3v) is 5.33. The van der Waals surface area contributed by atoms with Gasteiger partial charge in [0.15, 0.2) is 0 Å². The standard InChI is InChI=1S/C23H21N3O3/c1-26-20-11-10-16(23(28)29)14-15(20)9-12-21(26)17-6-2-3-7-18(17)25-22(27)19-8-4-5-13-24-19/h2-8,10-11,13-14,21H,9,12H2,1H3,(H,25,27)(H,28,29). The molecule has 0 aliphatic carbocycles. The van der Waals surface area contributed by atoms with Gasteiger partial charge in [-0.15, -0.1) is 0 Å². The quantitative estimate of drug-likeness (QED) is 0.703. The van der Waals surface area contributed by atoms with Gasteiger partial charge in [-0.1, -0.05) is 24.3 Å². The summed E-state index contributed by atoms with van der Waals surface area (Å²) < 4.78 is 0. The second-order valence-electron chi connectivity index (χ2n) is 7.07. The predicted molar refractivity (Wildman–Crippen MR) is 111 cm³/mol. The van der Waals surface area contributed by atoms with E-state index in [1.807, 2.05) is 37.4 Å². The number of anilines is 2. The van der Waals surface area contributed by atoms with Crippen molar-refractivity contribution in [3.63, 3.8) is 0 Å². The van der Waals surface area contributed by atoms with Crippen LogP contribution in [0.3, 0.4) is 0 Å². The fourth-order valence-corrected chi connectivity index (χ4v) is 3.87. The molecule has 1 aromatic heterocycles. The summed E-state index contributed by atoms with van der Waals surface area (Å²) in [5.41, 5.74) is 4.48. The Kier molecular flexibility index (Phi) is 4.99. The van der Waals surface area contributed by atoms with Crippen molar-refractivity contribution < 1.29 is 14.7 Å². The van der Waals surface area contributed by atoms with Gasteiger partial charge in [-0.25, -0.2) is 4.79 Å². The zero-order valence-corrected chi connectivity index (χ0v) is 16.0. The largest absolute Gasteiger partial charge is 0.478 e. The van der Waals surface area contributed by atoms with Crippen LogP contribution in [0.1, 0.15) is 44.4 Å². The number of fused-ring (bicyclic) bond motifs is 1. The lowest BCUT2D eigenvalue weighted by Crippen LogP contribution is -2.30. The number of aryl methyl sites for hydroxylation is 1. The van der Waals surface area contributed by atoms with Crippen molar-refractivity contribution in [3.8, 4) is 0 Å². The van der Waals surface area contributed by atoms with Crippen LogP contribution in [0.4, 0.5) is 11.4 Å². The zero-order chi connectivity index (χ0) is 20.4. The second-order valence-corrected chi connectivity index (χ2v) is 7.07. The topological polar surface area (TPSA) is 82.5 Å². The highest BCUT2D eigenvalue weighted by atomic mass is 16.4. The van der Waals surface area contributed by atoms with Crippen molar-refractivity contribution in [2.24, 2.45) is 0 Å². The minimum atomic E-state index is -0.917. The molecule has 2 aromatic carbocycles.